The fourth-order valence-electron chi connectivity index (χ4n) is 10.5. The molecule has 0 aliphatic carbocycles. The fraction of sp³-hybridized carbons (Fsp3) is 0.354. The SMILES string of the molecule is CC1(C)CC(Nc2cccc(-c3sc(C(=O)O)c(OCC(=O)O)c3Cl)c2)CCN1S(=O)(=O)Cc1cnc2[nH]c(N3CCC(c4ccc5c6c(cccc46)C(=O)N5C4CCC(=O)NC4=O)CC3)cc2n1. The van der Waals surface area contributed by atoms with Crippen LogP contribution in [0.25, 0.3) is 32.4 Å². The van der Waals surface area contributed by atoms with Gasteiger partial charge in [-0.3, -0.25) is 24.6 Å². The van der Waals surface area contributed by atoms with Crippen LogP contribution < -0.4 is 25.2 Å². The molecule has 0 bridgehead atoms. The summed E-state index contributed by atoms with van der Waals surface area (Å²) in [4.78, 5) is 78.1. The van der Waals surface area contributed by atoms with Gasteiger partial charge in [0.2, 0.25) is 21.8 Å². The van der Waals surface area contributed by atoms with Crippen molar-refractivity contribution in [3.8, 4) is 16.2 Å². The lowest BCUT2D eigenvalue weighted by Gasteiger charge is -2.44. The van der Waals surface area contributed by atoms with E-state index in [-0.39, 0.29) is 64.6 Å². The van der Waals surface area contributed by atoms with Crippen LogP contribution in [0.3, 0.4) is 0 Å². The molecule has 0 saturated carbocycles. The van der Waals surface area contributed by atoms with E-state index < -0.39 is 46.1 Å². The highest BCUT2D eigenvalue weighted by Crippen LogP contribution is 2.47. The van der Waals surface area contributed by atoms with Gasteiger partial charge in [-0.05, 0) is 92.6 Å². The van der Waals surface area contributed by atoms with Crippen molar-refractivity contribution in [2.24, 2.45) is 0 Å². The standard InChI is InChI=1S/C48H47ClN8O10S2/c1-48(2)21-28(51-27-6-3-5-26(19-27)42-40(49)41(67-23-38(59)60)43(68-42)47(63)64)15-18-56(48)69(65,66)24-29-22-50-44-33(52-29)20-36(53-44)55-16-13-25(14-17-55)30-9-10-34-39-31(30)7-4-8-32(39)46(62)57(34)35-11-12-37(58)54-45(35)61/h3-10,19-20,22,25,28,35,51H,11-18,21,23-24H2,1-2H3,(H,50,53)(H,59,60)(H,63,64)(H,54,58,61). The van der Waals surface area contributed by atoms with Crippen molar-refractivity contribution in [3.05, 3.63) is 93.6 Å². The summed E-state index contributed by atoms with van der Waals surface area (Å²) in [6, 6.07) is 18.0. The zero-order valence-corrected chi connectivity index (χ0v) is 39.8. The van der Waals surface area contributed by atoms with Crippen LogP contribution >= 0.6 is 22.9 Å². The highest BCUT2D eigenvalue weighted by molar-refractivity contribution is 7.88. The van der Waals surface area contributed by atoms with Crippen LogP contribution in [-0.2, 0) is 30.2 Å². The molecule has 3 aromatic heterocycles. The van der Waals surface area contributed by atoms with E-state index in [0.717, 1.165) is 65.1 Å². The van der Waals surface area contributed by atoms with Crippen molar-refractivity contribution in [1.29, 1.82) is 0 Å². The molecule has 4 aliphatic heterocycles. The van der Waals surface area contributed by atoms with Gasteiger partial charge < -0.3 is 30.2 Å². The van der Waals surface area contributed by atoms with E-state index in [9.17, 15) is 37.5 Å². The number of hydrogen-bond donors (Lipinski definition) is 5. The number of aliphatic carboxylic acids is 1. The van der Waals surface area contributed by atoms with Gasteiger partial charge in [-0.1, -0.05) is 41.9 Å². The van der Waals surface area contributed by atoms with E-state index in [4.69, 9.17) is 26.4 Å². The smallest absolute Gasteiger partial charge is 0.349 e. The predicted molar refractivity (Wildman–Crippen MR) is 260 cm³/mol. The van der Waals surface area contributed by atoms with Gasteiger partial charge >= 0.3 is 11.9 Å². The Morgan fingerprint density at radius 3 is 2.52 bits per heavy atom. The molecular formula is C48H47ClN8O10S2. The second-order valence-electron chi connectivity index (χ2n) is 18.5. The van der Waals surface area contributed by atoms with Crippen molar-refractivity contribution < 1.29 is 47.3 Å². The molecule has 3 fully saturated rings. The van der Waals surface area contributed by atoms with E-state index in [1.165, 1.54) is 6.20 Å². The zero-order valence-electron chi connectivity index (χ0n) is 37.5. The molecule has 21 heteroatoms. The van der Waals surface area contributed by atoms with Gasteiger partial charge in [-0.25, -0.2) is 28.0 Å². The first kappa shape index (κ1) is 46.1. The van der Waals surface area contributed by atoms with Gasteiger partial charge in [-0.15, -0.1) is 11.3 Å². The van der Waals surface area contributed by atoms with Gasteiger partial charge in [0.25, 0.3) is 5.91 Å². The van der Waals surface area contributed by atoms with Crippen molar-refractivity contribution in [2.75, 3.05) is 41.4 Å². The number of halogens is 1. The predicted octanol–water partition coefficient (Wildman–Crippen LogP) is 6.99. The first-order chi connectivity index (χ1) is 33.0. The molecule has 0 spiro atoms. The molecule has 2 atom stereocenters. The molecule has 3 aromatic carbocycles. The number of ether oxygens (including phenoxy) is 1. The summed E-state index contributed by atoms with van der Waals surface area (Å²) in [5, 5.41) is 26.5. The van der Waals surface area contributed by atoms with Crippen LogP contribution in [0.2, 0.25) is 5.02 Å². The van der Waals surface area contributed by atoms with Crippen molar-refractivity contribution in [3.63, 3.8) is 0 Å². The van der Waals surface area contributed by atoms with E-state index >= 15 is 0 Å². The molecule has 0 radical (unpaired) electrons. The van der Waals surface area contributed by atoms with Crippen molar-refractivity contribution >= 4 is 102 Å². The number of imide groups is 1. The summed E-state index contributed by atoms with van der Waals surface area (Å²) in [7, 11) is -3.83. The van der Waals surface area contributed by atoms with Gasteiger partial charge in [0.05, 0.1) is 22.5 Å². The van der Waals surface area contributed by atoms with E-state index in [0.29, 0.717) is 51.4 Å². The lowest BCUT2D eigenvalue weighted by molar-refractivity contribution is -0.139. The number of sulfonamides is 1. The number of aromatic nitrogens is 3. The summed E-state index contributed by atoms with van der Waals surface area (Å²) in [6.07, 6.45) is 4.63. The minimum absolute atomic E-state index is 0.00388. The third-order valence-electron chi connectivity index (χ3n) is 13.5. The van der Waals surface area contributed by atoms with Crippen molar-refractivity contribution in [1.82, 2.24) is 24.6 Å². The second kappa shape index (κ2) is 17.7. The number of piperidine rings is 3. The average molecular weight is 996 g/mol. The maximum absolute atomic E-state index is 14.1. The number of fused-ring (bicyclic) bond motifs is 1. The Morgan fingerprint density at radius 2 is 1.78 bits per heavy atom. The molecule has 18 nitrogen and oxygen atoms in total. The monoisotopic (exact) mass is 994 g/mol. The Hall–Kier alpha value is -6.61. The number of benzene rings is 3. The molecule has 3 amide bonds. The average Bonchev–Trinajstić information content (AvgIpc) is 3.97. The number of hydrogen-bond acceptors (Lipinski definition) is 13. The normalized spacial score (nSPS) is 19.9. The Morgan fingerprint density at radius 1 is 1.00 bits per heavy atom. The number of amides is 3. The maximum Gasteiger partial charge on any atom is 0.349 e. The summed E-state index contributed by atoms with van der Waals surface area (Å²) in [5.41, 5.74) is 4.41. The summed E-state index contributed by atoms with van der Waals surface area (Å²) >= 11 is 7.42. The summed E-state index contributed by atoms with van der Waals surface area (Å²) in [6.45, 7) is 4.77. The highest BCUT2D eigenvalue weighted by atomic mass is 35.5. The summed E-state index contributed by atoms with van der Waals surface area (Å²) in [5.74, 6) is -3.04. The number of rotatable bonds is 13. The second-order valence-corrected chi connectivity index (χ2v) is 21.8. The number of carbonyl (C=O) groups excluding carboxylic acids is 3. The molecule has 5 N–H and O–H groups in total. The largest absolute Gasteiger partial charge is 0.479 e. The number of aromatic amines is 1. The topological polar surface area (TPSA) is 245 Å². The number of carboxylic acids is 2. The van der Waals surface area contributed by atoms with Gasteiger partial charge in [0.15, 0.2) is 22.9 Å². The molecule has 10 rings (SSSR count). The highest BCUT2D eigenvalue weighted by Gasteiger charge is 2.43. The third-order valence-corrected chi connectivity index (χ3v) is 17.2. The van der Waals surface area contributed by atoms with E-state index in [1.807, 2.05) is 50.2 Å². The number of aromatic carboxylic acids is 1. The zero-order chi connectivity index (χ0) is 48.5. The first-order valence-electron chi connectivity index (χ1n) is 22.6. The fourth-order valence-corrected chi connectivity index (χ4v) is 13.8. The van der Waals surface area contributed by atoms with E-state index in [2.05, 4.69) is 31.6 Å². The number of carbonyl (C=O) groups is 5. The van der Waals surface area contributed by atoms with Gasteiger partial charge in [0.1, 0.15) is 28.2 Å². The lowest BCUT2D eigenvalue weighted by atomic mass is 9.85. The molecule has 6 aromatic rings. The number of carboxylic acid groups (broad SMARTS) is 2. The van der Waals surface area contributed by atoms with Crippen LogP contribution in [0.15, 0.2) is 66.9 Å². The van der Waals surface area contributed by atoms with Crippen LogP contribution in [0.4, 0.5) is 17.2 Å². The number of H-pyrrole nitrogens is 1. The maximum atomic E-state index is 14.1. The lowest BCUT2D eigenvalue weighted by Crippen LogP contribution is -2.55. The molecule has 7 heterocycles. The Kier molecular flexibility index (Phi) is 11.9. The molecule has 69 heavy (non-hydrogen) atoms. The van der Waals surface area contributed by atoms with Gasteiger partial charge in [-0.2, -0.15) is 4.31 Å². The molecular weight excluding hydrogens is 948 g/mol. The minimum atomic E-state index is -3.83. The first-order valence-corrected chi connectivity index (χ1v) is 25.4. The Labute approximate surface area is 404 Å². The number of nitrogens with zero attached hydrogens (tertiary/aromatic N) is 5. The summed E-state index contributed by atoms with van der Waals surface area (Å²) < 4.78 is 35.0. The molecule has 3 saturated heterocycles. The van der Waals surface area contributed by atoms with Crippen molar-refractivity contribution in [2.45, 2.75) is 81.7 Å². The van der Waals surface area contributed by atoms with Crippen LogP contribution in [0.5, 0.6) is 5.75 Å². The number of anilines is 3. The van der Waals surface area contributed by atoms with E-state index in [1.54, 1.807) is 27.4 Å². The van der Waals surface area contributed by atoms with Crippen LogP contribution in [0, 0.1) is 0 Å². The quantitative estimate of drug-likeness (QED) is 0.0733. The number of thiophene rings is 1. The Bertz CT molecular complexity index is 3240. The van der Waals surface area contributed by atoms with Crippen LogP contribution in [0.1, 0.15) is 89.6 Å². The molecule has 358 valence electrons. The molecule has 2 unspecified atom stereocenters. The number of nitrogens with one attached hydrogen (secondary N) is 3. The molecule has 4 aliphatic rings. The third kappa shape index (κ3) is 8.63. The minimum Gasteiger partial charge on any atom is -0.479 e. The van der Waals surface area contributed by atoms with Crippen LogP contribution in [-0.4, -0.2) is 111 Å². The van der Waals surface area contributed by atoms with Gasteiger partial charge in [0, 0.05) is 60.3 Å². The Balaban J connectivity index is 0.778.